The van der Waals surface area contributed by atoms with Crippen molar-refractivity contribution in [2.45, 2.75) is 13.8 Å². The molecule has 0 aliphatic rings. The van der Waals surface area contributed by atoms with Gasteiger partial charge in [0.25, 0.3) is 5.91 Å². The topological polar surface area (TPSA) is 66.4 Å². The highest BCUT2D eigenvalue weighted by molar-refractivity contribution is 9.10. The van der Waals surface area contributed by atoms with Gasteiger partial charge < -0.3 is 10.4 Å². The second-order valence-electron chi connectivity index (χ2n) is 4.11. The lowest BCUT2D eigenvalue weighted by atomic mass is 10.1. The van der Waals surface area contributed by atoms with Crippen molar-refractivity contribution in [2.75, 3.05) is 5.32 Å². The SMILES string of the molecule is CC.O=C(Nc1cc(Br)ccc1C(=O)O)c1cc(Cl)cc(Cl)c1. The molecule has 2 aromatic rings. The molecule has 0 fully saturated rings. The number of rotatable bonds is 3. The van der Waals surface area contributed by atoms with Gasteiger partial charge in [-0.2, -0.15) is 0 Å². The summed E-state index contributed by atoms with van der Waals surface area (Å²) in [5.41, 5.74) is 0.404. The van der Waals surface area contributed by atoms with Gasteiger partial charge in [0.15, 0.2) is 0 Å². The van der Waals surface area contributed by atoms with Gasteiger partial charge in [-0.15, -0.1) is 0 Å². The van der Waals surface area contributed by atoms with Crippen molar-refractivity contribution in [1.29, 1.82) is 0 Å². The molecule has 0 saturated carbocycles. The lowest BCUT2D eigenvalue weighted by Crippen LogP contribution is -2.15. The third-order valence-electron chi connectivity index (χ3n) is 2.58. The molecule has 0 radical (unpaired) electrons. The first kappa shape index (κ1) is 19.5. The minimum atomic E-state index is -1.14. The van der Waals surface area contributed by atoms with E-state index in [2.05, 4.69) is 21.2 Å². The van der Waals surface area contributed by atoms with Crippen LogP contribution in [0.25, 0.3) is 0 Å². The summed E-state index contributed by atoms with van der Waals surface area (Å²) in [6.45, 7) is 4.00. The molecule has 0 bridgehead atoms. The van der Waals surface area contributed by atoms with Crippen LogP contribution in [0.15, 0.2) is 40.9 Å². The molecule has 0 aromatic heterocycles. The Morgan fingerprint density at radius 1 is 1.04 bits per heavy atom. The average molecular weight is 419 g/mol. The maximum absolute atomic E-state index is 12.2. The quantitative estimate of drug-likeness (QED) is 0.668. The van der Waals surface area contributed by atoms with Crippen molar-refractivity contribution in [1.82, 2.24) is 0 Å². The number of carboxylic acids is 1. The Labute approximate surface area is 152 Å². The van der Waals surface area contributed by atoms with Crippen LogP contribution < -0.4 is 5.32 Å². The van der Waals surface area contributed by atoms with E-state index in [9.17, 15) is 9.59 Å². The van der Waals surface area contributed by atoms with Gasteiger partial charge in [0, 0.05) is 20.1 Å². The Balaban J connectivity index is 0.00000127. The number of hydrogen-bond acceptors (Lipinski definition) is 2. The number of aromatic carboxylic acids is 1. The van der Waals surface area contributed by atoms with Crippen LogP contribution in [0.3, 0.4) is 0 Å². The predicted molar refractivity (Wildman–Crippen MR) is 96.9 cm³/mol. The first-order valence-corrected chi connectivity index (χ1v) is 8.22. The Morgan fingerprint density at radius 3 is 2.13 bits per heavy atom. The van der Waals surface area contributed by atoms with Crippen molar-refractivity contribution >= 4 is 56.7 Å². The summed E-state index contributed by atoms with van der Waals surface area (Å²) < 4.78 is 0.645. The number of halogens is 3. The van der Waals surface area contributed by atoms with Crippen LogP contribution in [0.4, 0.5) is 5.69 Å². The Hall–Kier alpha value is -1.56. The van der Waals surface area contributed by atoms with Gasteiger partial charge in [0.05, 0.1) is 11.3 Å². The summed E-state index contributed by atoms with van der Waals surface area (Å²) in [6.07, 6.45) is 0. The molecule has 0 aliphatic carbocycles. The van der Waals surface area contributed by atoms with Gasteiger partial charge in [-0.25, -0.2) is 4.79 Å². The average Bonchev–Trinajstić information content (AvgIpc) is 2.48. The highest BCUT2D eigenvalue weighted by Crippen LogP contribution is 2.24. The second-order valence-corrected chi connectivity index (χ2v) is 5.90. The van der Waals surface area contributed by atoms with E-state index in [-0.39, 0.29) is 16.8 Å². The van der Waals surface area contributed by atoms with Crippen LogP contribution >= 0.6 is 39.1 Å². The Bertz CT molecular complexity index is 715. The normalized spacial score (nSPS) is 9.61. The molecule has 2 rings (SSSR count). The summed E-state index contributed by atoms with van der Waals surface area (Å²) in [5.74, 6) is -1.64. The number of amides is 1. The highest BCUT2D eigenvalue weighted by Gasteiger charge is 2.14. The minimum Gasteiger partial charge on any atom is -0.478 e. The summed E-state index contributed by atoms with van der Waals surface area (Å²) in [5, 5.41) is 12.3. The molecule has 0 saturated heterocycles. The van der Waals surface area contributed by atoms with Crippen LogP contribution in [0.5, 0.6) is 0 Å². The van der Waals surface area contributed by atoms with E-state index in [0.29, 0.717) is 14.5 Å². The zero-order valence-corrected chi connectivity index (χ0v) is 15.5. The van der Waals surface area contributed by atoms with Crippen molar-refractivity contribution < 1.29 is 14.7 Å². The fourth-order valence-corrected chi connectivity index (χ4v) is 2.57. The van der Waals surface area contributed by atoms with Crippen LogP contribution in [-0.2, 0) is 0 Å². The maximum Gasteiger partial charge on any atom is 0.337 e. The van der Waals surface area contributed by atoms with Gasteiger partial charge in [0.2, 0.25) is 0 Å². The fourth-order valence-electron chi connectivity index (χ4n) is 1.69. The molecule has 0 unspecified atom stereocenters. The van der Waals surface area contributed by atoms with E-state index >= 15 is 0 Å². The first-order chi connectivity index (χ1) is 10.9. The Morgan fingerprint density at radius 2 is 1.61 bits per heavy atom. The molecule has 122 valence electrons. The molecule has 23 heavy (non-hydrogen) atoms. The van der Waals surface area contributed by atoms with Crippen LogP contribution in [-0.4, -0.2) is 17.0 Å². The maximum atomic E-state index is 12.2. The lowest BCUT2D eigenvalue weighted by Gasteiger charge is -2.09. The first-order valence-electron chi connectivity index (χ1n) is 6.67. The van der Waals surface area contributed by atoms with E-state index in [1.54, 1.807) is 6.07 Å². The molecule has 0 spiro atoms. The number of anilines is 1. The van der Waals surface area contributed by atoms with Gasteiger partial charge in [0.1, 0.15) is 0 Å². The fraction of sp³-hybridized carbons (Fsp3) is 0.125. The van der Waals surface area contributed by atoms with Crippen molar-refractivity contribution in [3.8, 4) is 0 Å². The molecule has 1 amide bonds. The number of carboxylic acid groups (broad SMARTS) is 1. The predicted octanol–water partition coefficient (Wildman–Crippen LogP) is 5.73. The molecule has 7 heteroatoms. The molecule has 2 aromatic carbocycles. The van der Waals surface area contributed by atoms with Gasteiger partial charge in [-0.3, -0.25) is 4.79 Å². The van der Waals surface area contributed by atoms with Crippen LogP contribution in [0.1, 0.15) is 34.6 Å². The second kappa shape index (κ2) is 8.91. The molecular weight excluding hydrogens is 405 g/mol. The summed E-state index contributed by atoms with van der Waals surface area (Å²) in [7, 11) is 0. The third kappa shape index (κ3) is 5.53. The van der Waals surface area contributed by atoms with E-state index in [1.807, 2.05) is 13.8 Å². The Kier molecular flexibility index (Phi) is 7.55. The van der Waals surface area contributed by atoms with E-state index in [4.69, 9.17) is 28.3 Å². The third-order valence-corrected chi connectivity index (χ3v) is 3.51. The van der Waals surface area contributed by atoms with Gasteiger partial charge in [-0.1, -0.05) is 53.0 Å². The molecular formula is C16H14BrCl2NO3. The van der Waals surface area contributed by atoms with Crippen molar-refractivity contribution in [2.24, 2.45) is 0 Å². The number of carbonyl (C=O) groups is 2. The molecule has 0 heterocycles. The number of hydrogen-bond donors (Lipinski definition) is 2. The van der Waals surface area contributed by atoms with Gasteiger partial charge in [-0.05, 0) is 36.4 Å². The van der Waals surface area contributed by atoms with Crippen LogP contribution in [0.2, 0.25) is 10.0 Å². The number of benzene rings is 2. The minimum absolute atomic E-state index is 0.0142. The largest absolute Gasteiger partial charge is 0.478 e. The van der Waals surface area contributed by atoms with Crippen molar-refractivity contribution in [3.63, 3.8) is 0 Å². The molecule has 4 nitrogen and oxygen atoms in total. The smallest absolute Gasteiger partial charge is 0.337 e. The number of carbonyl (C=O) groups excluding carboxylic acids is 1. The zero-order chi connectivity index (χ0) is 17.6. The molecule has 0 atom stereocenters. The summed E-state index contributed by atoms with van der Waals surface area (Å²) in [6, 6.07) is 8.87. The molecule has 0 aliphatic heterocycles. The standard InChI is InChI=1S/C14H8BrCl2NO3.C2H6/c15-8-1-2-11(14(20)21)12(5-8)18-13(19)7-3-9(16)6-10(17)4-7;1-2/h1-6H,(H,18,19)(H,20,21);1-2H3. The van der Waals surface area contributed by atoms with E-state index in [0.717, 1.165) is 0 Å². The zero-order valence-electron chi connectivity index (χ0n) is 12.4. The summed E-state index contributed by atoms with van der Waals surface area (Å²) in [4.78, 5) is 23.3. The molecule has 2 N–H and O–H groups in total. The summed E-state index contributed by atoms with van der Waals surface area (Å²) >= 11 is 14.9. The van der Waals surface area contributed by atoms with Crippen molar-refractivity contribution in [3.05, 3.63) is 62.0 Å². The number of nitrogens with one attached hydrogen (secondary N) is 1. The van der Waals surface area contributed by atoms with E-state index < -0.39 is 11.9 Å². The van der Waals surface area contributed by atoms with Gasteiger partial charge >= 0.3 is 5.97 Å². The highest BCUT2D eigenvalue weighted by atomic mass is 79.9. The van der Waals surface area contributed by atoms with E-state index in [1.165, 1.54) is 30.3 Å². The lowest BCUT2D eigenvalue weighted by molar-refractivity contribution is 0.0698. The monoisotopic (exact) mass is 417 g/mol. The van der Waals surface area contributed by atoms with Crippen LogP contribution in [0, 0.1) is 0 Å².